The molecule has 0 aromatic rings. The normalized spacial score (nSPS) is 39.5. The summed E-state index contributed by atoms with van der Waals surface area (Å²) in [5.74, 6) is 0.754. The van der Waals surface area contributed by atoms with Crippen molar-refractivity contribution in [2.45, 2.75) is 38.1 Å². The van der Waals surface area contributed by atoms with Gasteiger partial charge in [-0.2, -0.15) is 0 Å². The summed E-state index contributed by atoms with van der Waals surface area (Å²) in [6, 6.07) is -0.278. The topological polar surface area (TPSA) is 49.3 Å². The van der Waals surface area contributed by atoms with Crippen molar-refractivity contribution in [1.29, 1.82) is 0 Å². The summed E-state index contributed by atoms with van der Waals surface area (Å²) < 4.78 is 0. The van der Waals surface area contributed by atoms with Crippen LogP contribution in [0.3, 0.4) is 0 Å². The van der Waals surface area contributed by atoms with Crippen LogP contribution in [0, 0.1) is 11.8 Å². The average Bonchev–Trinajstić information content (AvgIpc) is 2.17. The van der Waals surface area contributed by atoms with Gasteiger partial charge in [-0.1, -0.05) is 19.3 Å². The molecule has 2 fully saturated rings. The lowest BCUT2D eigenvalue weighted by molar-refractivity contribution is -0.141. The van der Waals surface area contributed by atoms with Crippen molar-refractivity contribution in [3.8, 4) is 0 Å². The fraction of sp³-hybridized carbons (Fsp3) is 0.900. The Balaban J connectivity index is 1.95. The molecule has 0 spiro atoms. The van der Waals surface area contributed by atoms with E-state index in [1.165, 1.54) is 25.7 Å². The number of carboxylic acids is 1. The highest BCUT2D eigenvalue weighted by atomic mass is 16.4. The Morgan fingerprint density at radius 2 is 1.92 bits per heavy atom. The summed E-state index contributed by atoms with van der Waals surface area (Å²) in [5, 5.41) is 12.0. The summed E-state index contributed by atoms with van der Waals surface area (Å²) in [7, 11) is 0. The molecule has 0 radical (unpaired) electrons. The van der Waals surface area contributed by atoms with E-state index >= 15 is 0 Å². The Kier molecular flexibility index (Phi) is 2.54. The number of carbonyl (C=O) groups is 1. The van der Waals surface area contributed by atoms with Gasteiger partial charge in [0.2, 0.25) is 0 Å². The summed E-state index contributed by atoms with van der Waals surface area (Å²) >= 11 is 0. The molecular formula is C10H17NO2. The van der Waals surface area contributed by atoms with Crippen LogP contribution in [0.15, 0.2) is 0 Å². The smallest absolute Gasteiger partial charge is 0.320 e. The van der Waals surface area contributed by atoms with Gasteiger partial charge in [0.15, 0.2) is 0 Å². The first-order valence-corrected chi connectivity index (χ1v) is 5.23. The molecule has 74 valence electrons. The van der Waals surface area contributed by atoms with Gasteiger partial charge < -0.3 is 10.4 Å². The highest BCUT2D eigenvalue weighted by Crippen LogP contribution is 2.35. The Labute approximate surface area is 78.5 Å². The van der Waals surface area contributed by atoms with E-state index < -0.39 is 5.97 Å². The summed E-state index contributed by atoms with van der Waals surface area (Å²) in [5.41, 5.74) is 0. The Morgan fingerprint density at radius 3 is 2.62 bits per heavy atom. The number of nitrogens with one attached hydrogen (secondary N) is 1. The molecule has 1 aliphatic carbocycles. The Morgan fingerprint density at radius 1 is 1.23 bits per heavy atom. The van der Waals surface area contributed by atoms with Gasteiger partial charge in [0, 0.05) is 0 Å². The molecule has 3 nitrogen and oxygen atoms in total. The number of rotatable bonds is 1. The molecule has 0 amide bonds. The van der Waals surface area contributed by atoms with Crippen LogP contribution in [0.1, 0.15) is 32.1 Å². The quantitative estimate of drug-likeness (QED) is 0.643. The third kappa shape index (κ3) is 1.85. The highest BCUT2D eigenvalue weighted by Gasteiger charge is 2.34. The first-order valence-electron chi connectivity index (χ1n) is 5.23. The maximum atomic E-state index is 10.8. The Hall–Kier alpha value is -0.570. The molecule has 0 aromatic carbocycles. The number of aliphatic carboxylic acids is 1. The lowest BCUT2D eigenvalue weighted by Crippen LogP contribution is -2.48. The highest BCUT2D eigenvalue weighted by molar-refractivity contribution is 5.73. The maximum Gasteiger partial charge on any atom is 0.320 e. The van der Waals surface area contributed by atoms with E-state index in [4.69, 9.17) is 5.11 Å². The van der Waals surface area contributed by atoms with E-state index in [0.29, 0.717) is 5.92 Å². The number of fused-ring (bicyclic) bond motifs is 1. The van der Waals surface area contributed by atoms with Gasteiger partial charge in [0.1, 0.15) is 6.04 Å². The van der Waals surface area contributed by atoms with E-state index in [9.17, 15) is 4.79 Å². The molecule has 0 aromatic heterocycles. The number of hydrogen-bond acceptors (Lipinski definition) is 2. The predicted molar refractivity (Wildman–Crippen MR) is 49.5 cm³/mol. The Bertz CT molecular complexity index is 205. The minimum Gasteiger partial charge on any atom is -0.480 e. The minimum atomic E-state index is -0.677. The lowest BCUT2D eigenvalue weighted by Gasteiger charge is -2.38. The second-order valence-corrected chi connectivity index (χ2v) is 4.34. The lowest BCUT2D eigenvalue weighted by atomic mass is 9.74. The van der Waals surface area contributed by atoms with Crippen LogP contribution < -0.4 is 5.32 Å². The summed E-state index contributed by atoms with van der Waals surface area (Å²) in [4.78, 5) is 10.8. The van der Waals surface area contributed by atoms with Gasteiger partial charge in [-0.3, -0.25) is 4.79 Å². The van der Waals surface area contributed by atoms with E-state index in [0.717, 1.165) is 18.9 Å². The molecule has 1 saturated heterocycles. The molecule has 2 rings (SSSR count). The first kappa shape index (κ1) is 9.00. The van der Waals surface area contributed by atoms with Crippen molar-refractivity contribution in [1.82, 2.24) is 5.32 Å². The van der Waals surface area contributed by atoms with Crippen molar-refractivity contribution >= 4 is 5.97 Å². The SMILES string of the molecule is O=C(O)[C@H]1C[C@@H]2CCCC[C@H]2CN1. The molecule has 2 N–H and O–H groups in total. The molecule has 2 aliphatic rings. The monoisotopic (exact) mass is 183 g/mol. The van der Waals surface area contributed by atoms with Crippen LogP contribution in [-0.4, -0.2) is 23.7 Å². The second-order valence-electron chi connectivity index (χ2n) is 4.34. The molecule has 0 unspecified atom stereocenters. The van der Waals surface area contributed by atoms with Crippen molar-refractivity contribution in [2.75, 3.05) is 6.54 Å². The van der Waals surface area contributed by atoms with E-state index in [1.54, 1.807) is 0 Å². The van der Waals surface area contributed by atoms with Crippen molar-refractivity contribution < 1.29 is 9.90 Å². The molecule has 1 saturated carbocycles. The van der Waals surface area contributed by atoms with Crippen LogP contribution in [0.4, 0.5) is 0 Å². The number of piperidine rings is 1. The van der Waals surface area contributed by atoms with E-state index in [-0.39, 0.29) is 6.04 Å². The van der Waals surface area contributed by atoms with Crippen LogP contribution in [0.2, 0.25) is 0 Å². The second kappa shape index (κ2) is 3.66. The summed E-state index contributed by atoms with van der Waals surface area (Å²) in [6.45, 7) is 0.918. The van der Waals surface area contributed by atoms with Gasteiger partial charge in [0.25, 0.3) is 0 Å². The summed E-state index contributed by atoms with van der Waals surface area (Å²) in [6.07, 6.45) is 6.02. The van der Waals surface area contributed by atoms with Crippen LogP contribution >= 0.6 is 0 Å². The molecule has 3 heteroatoms. The zero-order chi connectivity index (χ0) is 9.26. The first-order chi connectivity index (χ1) is 6.27. The van der Waals surface area contributed by atoms with Crippen molar-refractivity contribution in [3.05, 3.63) is 0 Å². The van der Waals surface area contributed by atoms with E-state index in [2.05, 4.69) is 5.32 Å². The predicted octanol–water partition coefficient (Wildman–Crippen LogP) is 1.24. The van der Waals surface area contributed by atoms with Crippen molar-refractivity contribution in [2.24, 2.45) is 11.8 Å². The fourth-order valence-corrected chi connectivity index (χ4v) is 2.73. The van der Waals surface area contributed by atoms with Gasteiger partial charge in [0.05, 0.1) is 0 Å². The van der Waals surface area contributed by atoms with Gasteiger partial charge >= 0.3 is 5.97 Å². The van der Waals surface area contributed by atoms with Crippen molar-refractivity contribution in [3.63, 3.8) is 0 Å². The zero-order valence-electron chi connectivity index (χ0n) is 7.83. The number of carboxylic acid groups (broad SMARTS) is 1. The third-order valence-electron chi connectivity index (χ3n) is 3.53. The standard InChI is InChI=1S/C10H17NO2/c12-10(13)9-5-7-3-1-2-4-8(7)6-11-9/h7-9,11H,1-6H2,(H,12,13)/t7-,8-,9+/m0/s1. The minimum absolute atomic E-state index is 0.278. The fourth-order valence-electron chi connectivity index (χ4n) is 2.73. The maximum absolute atomic E-state index is 10.8. The average molecular weight is 183 g/mol. The molecule has 1 heterocycles. The van der Waals surface area contributed by atoms with Gasteiger partial charge in [-0.05, 0) is 31.2 Å². The molecule has 13 heavy (non-hydrogen) atoms. The van der Waals surface area contributed by atoms with Gasteiger partial charge in [-0.15, -0.1) is 0 Å². The molecule has 0 bridgehead atoms. The molecular weight excluding hydrogens is 166 g/mol. The van der Waals surface area contributed by atoms with Crippen LogP contribution in [0.25, 0.3) is 0 Å². The van der Waals surface area contributed by atoms with Crippen LogP contribution in [0.5, 0.6) is 0 Å². The molecule has 1 aliphatic heterocycles. The van der Waals surface area contributed by atoms with Crippen LogP contribution in [-0.2, 0) is 4.79 Å². The molecule has 3 atom stereocenters. The third-order valence-corrected chi connectivity index (χ3v) is 3.53. The van der Waals surface area contributed by atoms with E-state index in [1.807, 2.05) is 0 Å². The largest absolute Gasteiger partial charge is 0.480 e. The zero-order valence-corrected chi connectivity index (χ0v) is 7.83. The van der Waals surface area contributed by atoms with Gasteiger partial charge in [-0.25, -0.2) is 0 Å². The number of hydrogen-bond donors (Lipinski definition) is 2.